The molecule has 2 heterocycles. The molecule has 92 valence electrons. The molecule has 17 heavy (non-hydrogen) atoms. The Labute approximate surface area is 104 Å². The van der Waals surface area contributed by atoms with Crippen molar-refractivity contribution in [2.75, 3.05) is 11.9 Å². The van der Waals surface area contributed by atoms with Crippen molar-refractivity contribution in [3.05, 3.63) is 22.8 Å². The number of hydrogen-bond acceptors (Lipinski definition) is 4. The number of pyridine rings is 1. The molecule has 1 aliphatic heterocycles. The summed E-state index contributed by atoms with van der Waals surface area (Å²) in [5, 5.41) is 12.4. The monoisotopic (exact) mass is 256 g/mol. The summed E-state index contributed by atoms with van der Waals surface area (Å²) in [6, 6.07) is 2.98. The smallest absolute Gasteiger partial charge is 0.339 e. The standard InChI is InChI=1S/C11H13ClN2O3/c1-6-8(4-5-17-6)13-10-7(11(15)16)2-3-9(12)14-10/h2-3,6,8H,4-5H2,1H3,(H,13,14)(H,15,16). The fourth-order valence-corrected chi connectivity index (χ4v) is 1.96. The van der Waals surface area contributed by atoms with Crippen LogP contribution in [-0.2, 0) is 4.74 Å². The van der Waals surface area contributed by atoms with Crippen LogP contribution in [0.15, 0.2) is 12.1 Å². The number of rotatable bonds is 3. The first kappa shape index (κ1) is 12.1. The first-order valence-corrected chi connectivity index (χ1v) is 5.73. The van der Waals surface area contributed by atoms with Crippen molar-refractivity contribution < 1.29 is 14.6 Å². The van der Waals surface area contributed by atoms with E-state index in [1.54, 1.807) is 0 Å². The molecule has 0 spiro atoms. The number of hydrogen-bond donors (Lipinski definition) is 2. The number of nitrogens with one attached hydrogen (secondary N) is 1. The summed E-state index contributed by atoms with van der Waals surface area (Å²) in [4.78, 5) is 15.0. The second kappa shape index (κ2) is 4.89. The van der Waals surface area contributed by atoms with Gasteiger partial charge >= 0.3 is 5.97 Å². The Hall–Kier alpha value is -1.33. The minimum atomic E-state index is -1.02. The van der Waals surface area contributed by atoms with Crippen molar-refractivity contribution in [2.24, 2.45) is 0 Å². The normalized spacial score (nSPS) is 23.6. The van der Waals surface area contributed by atoms with Gasteiger partial charge in [-0.15, -0.1) is 0 Å². The maximum Gasteiger partial charge on any atom is 0.339 e. The first-order chi connectivity index (χ1) is 8.08. The van der Waals surface area contributed by atoms with Crippen LogP contribution in [0, 0.1) is 0 Å². The lowest BCUT2D eigenvalue weighted by Gasteiger charge is -2.17. The summed E-state index contributed by atoms with van der Waals surface area (Å²) in [6.45, 7) is 2.61. The molecule has 1 aliphatic rings. The first-order valence-electron chi connectivity index (χ1n) is 5.36. The number of carboxylic acid groups (broad SMARTS) is 1. The molecule has 5 nitrogen and oxygen atoms in total. The number of halogens is 1. The Balaban J connectivity index is 2.24. The van der Waals surface area contributed by atoms with Crippen LogP contribution in [0.1, 0.15) is 23.7 Å². The van der Waals surface area contributed by atoms with Crippen molar-refractivity contribution in [3.8, 4) is 0 Å². The number of ether oxygens (including phenoxy) is 1. The number of carboxylic acids is 1. The van der Waals surface area contributed by atoms with Crippen LogP contribution < -0.4 is 5.32 Å². The highest BCUT2D eigenvalue weighted by molar-refractivity contribution is 6.29. The highest BCUT2D eigenvalue weighted by Crippen LogP contribution is 2.22. The van der Waals surface area contributed by atoms with Crippen LogP contribution >= 0.6 is 11.6 Å². The average Bonchev–Trinajstić information content (AvgIpc) is 2.64. The third kappa shape index (κ3) is 2.68. The van der Waals surface area contributed by atoms with E-state index in [1.807, 2.05) is 6.92 Å². The van der Waals surface area contributed by atoms with Gasteiger partial charge in [0.15, 0.2) is 0 Å². The Kier molecular flexibility index (Phi) is 3.49. The van der Waals surface area contributed by atoms with E-state index in [-0.39, 0.29) is 22.9 Å². The minimum absolute atomic E-state index is 0.0393. The van der Waals surface area contributed by atoms with E-state index in [4.69, 9.17) is 21.4 Å². The predicted octanol–water partition coefficient (Wildman–Crippen LogP) is 2.02. The summed E-state index contributed by atoms with van der Waals surface area (Å²) in [7, 11) is 0. The fourth-order valence-electron chi connectivity index (χ4n) is 1.81. The summed E-state index contributed by atoms with van der Waals surface area (Å²) < 4.78 is 5.40. The van der Waals surface area contributed by atoms with E-state index < -0.39 is 5.97 Å². The van der Waals surface area contributed by atoms with Gasteiger partial charge in [0.25, 0.3) is 0 Å². The molecule has 1 aromatic heterocycles. The number of aromatic nitrogens is 1. The van der Waals surface area contributed by atoms with Gasteiger partial charge in [0.1, 0.15) is 16.5 Å². The molecule has 2 unspecified atom stereocenters. The number of aromatic carboxylic acids is 1. The lowest BCUT2D eigenvalue weighted by molar-refractivity contribution is 0.0697. The second-order valence-corrected chi connectivity index (χ2v) is 4.34. The molecular formula is C11H13ClN2O3. The molecule has 0 amide bonds. The SMILES string of the molecule is CC1OCCC1Nc1nc(Cl)ccc1C(=O)O. The van der Waals surface area contributed by atoms with E-state index in [0.29, 0.717) is 12.4 Å². The number of anilines is 1. The van der Waals surface area contributed by atoms with Gasteiger partial charge in [0, 0.05) is 6.61 Å². The van der Waals surface area contributed by atoms with Crippen molar-refractivity contribution in [1.82, 2.24) is 4.98 Å². The van der Waals surface area contributed by atoms with Crippen molar-refractivity contribution >= 4 is 23.4 Å². The third-order valence-corrected chi connectivity index (χ3v) is 3.00. The van der Waals surface area contributed by atoms with Gasteiger partial charge in [-0.05, 0) is 25.5 Å². The van der Waals surface area contributed by atoms with Gasteiger partial charge in [0.05, 0.1) is 12.1 Å². The van der Waals surface area contributed by atoms with Gasteiger partial charge in [0.2, 0.25) is 0 Å². The predicted molar refractivity (Wildman–Crippen MR) is 63.6 cm³/mol. The van der Waals surface area contributed by atoms with E-state index >= 15 is 0 Å². The van der Waals surface area contributed by atoms with Gasteiger partial charge in [-0.25, -0.2) is 9.78 Å². The van der Waals surface area contributed by atoms with E-state index in [0.717, 1.165) is 6.42 Å². The van der Waals surface area contributed by atoms with Crippen molar-refractivity contribution in [3.63, 3.8) is 0 Å². The molecule has 1 fully saturated rings. The van der Waals surface area contributed by atoms with E-state index in [2.05, 4.69) is 10.3 Å². The van der Waals surface area contributed by atoms with Crippen LogP contribution in [0.3, 0.4) is 0 Å². The van der Waals surface area contributed by atoms with Gasteiger partial charge < -0.3 is 15.2 Å². The Morgan fingerprint density at radius 2 is 2.41 bits per heavy atom. The Bertz CT molecular complexity index is 439. The average molecular weight is 257 g/mol. The lowest BCUT2D eigenvalue weighted by Crippen LogP contribution is -2.28. The number of carbonyl (C=O) groups is 1. The third-order valence-electron chi connectivity index (χ3n) is 2.79. The molecule has 0 aromatic carbocycles. The second-order valence-electron chi connectivity index (χ2n) is 3.95. The van der Waals surface area contributed by atoms with Crippen molar-refractivity contribution in [2.45, 2.75) is 25.5 Å². The minimum Gasteiger partial charge on any atom is -0.478 e. The molecule has 1 aromatic rings. The highest BCUT2D eigenvalue weighted by Gasteiger charge is 2.26. The molecule has 1 saturated heterocycles. The molecule has 2 atom stereocenters. The molecule has 2 N–H and O–H groups in total. The fraction of sp³-hybridized carbons (Fsp3) is 0.455. The summed E-state index contributed by atoms with van der Waals surface area (Å²) in [5.41, 5.74) is 0.119. The van der Waals surface area contributed by atoms with Crippen LogP contribution in [0.25, 0.3) is 0 Å². The Morgan fingerprint density at radius 1 is 1.65 bits per heavy atom. The maximum absolute atomic E-state index is 11.0. The zero-order valence-electron chi connectivity index (χ0n) is 9.31. The van der Waals surface area contributed by atoms with Crippen LogP contribution in [-0.4, -0.2) is 34.8 Å². The lowest BCUT2D eigenvalue weighted by atomic mass is 10.1. The van der Waals surface area contributed by atoms with Crippen LogP contribution in [0.4, 0.5) is 5.82 Å². The van der Waals surface area contributed by atoms with Gasteiger partial charge in [-0.1, -0.05) is 11.6 Å². The zero-order valence-corrected chi connectivity index (χ0v) is 10.1. The van der Waals surface area contributed by atoms with E-state index in [9.17, 15) is 4.79 Å². The quantitative estimate of drug-likeness (QED) is 0.810. The van der Waals surface area contributed by atoms with Crippen molar-refractivity contribution in [1.29, 1.82) is 0 Å². The summed E-state index contributed by atoms with van der Waals surface area (Å²) >= 11 is 5.77. The highest BCUT2D eigenvalue weighted by atomic mass is 35.5. The molecular weight excluding hydrogens is 244 g/mol. The molecule has 0 radical (unpaired) electrons. The van der Waals surface area contributed by atoms with Crippen LogP contribution in [0.5, 0.6) is 0 Å². The number of nitrogens with zero attached hydrogens (tertiary/aromatic N) is 1. The maximum atomic E-state index is 11.0. The van der Waals surface area contributed by atoms with Gasteiger partial charge in [-0.2, -0.15) is 0 Å². The molecule has 2 rings (SSSR count). The molecule has 6 heteroatoms. The topological polar surface area (TPSA) is 71.5 Å². The molecule has 0 saturated carbocycles. The van der Waals surface area contributed by atoms with Gasteiger partial charge in [-0.3, -0.25) is 0 Å². The molecule has 0 bridgehead atoms. The zero-order chi connectivity index (χ0) is 12.4. The summed E-state index contributed by atoms with van der Waals surface area (Å²) in [6.07, 6.45) is 0.867. The summed E-state index contributed by atoms with van der Waals surface area (Å²) in [5.74, 6) is -0.726. The Morgan fingerprint density at radius 3 is 3.00 bits per heavy atom. The van der Waals surface area contributed by atoms with Crippen LogP contribution in [0.2, 0.25) is 5.15 Å². The largest absolute Gasteiger partial charge is 0.478 e. The molecule has 0 aliphatic carbocycles. The van der Waals surface area contributed by atoms with E-state index in [1.165, 1.54) is 12.1 Å².